The van der Waals surface area contributed by atoms with E-state index in [1.807, 2.05) is 55.5 Å². The van der Waals surface area contributed by atoms with Crippen LogP contribution in [0.3, 0.4) is 0 Å². The van der Waals surface area contributed by atoms with Gasteiger partial charge in [0.05, 0.1) is 12.2 Å². The number of carbonyl (C=O) groups excluding carboxylic acids is 2. The summed E-state index contributed by atoms with van der Waals surface area (Å²) < 4.78 is 21.1. The quantitative estimate of drug-likeness (QED) is 0.307. The number of carbonyl (C=O) groups is 2. The zero-order chi connectivity index (χ0) is 27.1. The summed E-state index contributed by atoms with van der Waals surface area (Å²) in [6.45, 7) is 4.57. The second kappa shape index (κ2) is 9.90. The van der Waals surface area contributed by atoms with E-state index < -0.39 is 17.5 Å². The van der Waals surface area contributed by atoms with Gasteiger partial charge in [-0.2, -0.15) is 0 Å². The number of fused-ring (bicyclic) bond motifs is 3. The molecule has 0 spiro atoms. The maximum Gasteiger partial charge on any atom is 0.298 e. The van der Waals surface area contributed by atoms with E-state index in [4.69, 9.17) is 4.74 Å². The molecule has 1 amide bonds. The Labute approximate surface area is 225 Å². The van der Waals surface area contributed by atoms with Gasteiger partial charge in [-0.05, 0) is 42.8 Å². The lowest BCUT2D eigenvalue weighted by atomic mass is 10.0. The van der Waals surface area contributed by atoms with Gasteiger partial charge in [0.1, 0.15) is 18.1 Å². The van der Waals surface area contributed by atoms with Crippen LogP contribution >= 0.6 is 0 Å². The first-order chi connectivity index (χ1) is 18.9. The van der Waals surface area contributed by atoms with Gasteiger partial charge >= 0.3 is 0 Å². The lowest BCUT2D eigenvalue weighted by molar-refractivity contribution is -0.112. The fourth-order valence-electron chi connectivity index (χ4n) is 5.33. The summed E-state index contributed by atoms with van der Waals surface area (Å²) in [6, 6.07) is 20.5. The number of aryl methyl sites for hydroxylation is 1. The Morgan fingerprint density at radius 1 is 1.05 bits per heavy atom. The number of nitrogens with one attached hydrogen (secondary N) is 1. The van der Waals surface area contributed by atoms with Crippen LogP contribution < -0.4 is 19.9 Å². The highest BCUT2D eigenvalue weighted by molar-refractivity contribution is 6.47. The number of halogens is 1. The van der Waals surface area contributed by atoms with Crippen LogP contribution in [0.2, 0.25) is 0 Å². The first-order valence-corrected chi connectivity index (χ1v) is 12.9. The molecule has 1 atom stereocenters. The molecule has 0 aliphatic carbocycles. The van der Waals surface area contributed by atoms with E-state index in [9.17, 15) is 14.0 Å². The van der Waals surface area contributed by atoms with Crippen molar-refractivity contribution in [3.05, 3.63) is 90.1 Å². The van der Waals surface area contributed by atoms with Crippen LogP contribution in [0.25, 0.3) is 11.1 Å². The highest BCUT2D eigenvalue weighted by atomic mass is 19.1. The summed E-state index contributed by atoms with van der Waals surface area (Å²) >= 11 is 0. The van der Waals surface area contributed by atoms with E-state index in [1.54, 1.807) is 23.7 Å². The average molecular weight is 526 g/mol. The van der Waals surface area contributed by atoms with Crippen molar-refractivity contribution >= 4 is 28.9 Å². The summed E-state index contributed by atoms with van der Waals surface area (Å²) in [5.41, 5.74) is 4.42. The highest BCUT2D eigenvalue weighted by Crippen LogP contribution is 2.34. The third kappa shape index (κ3) is 4.60. The lowest BCUT2D eigenvalue weighted by Gasteiger charge is -2.45. The predicted octanol–water partition coefficient (Wildman–Crippen LogP) is 4.44. The van der Waals surface area contributed by atoms with Crippen molar-refractivity contribution in [2.75, 3.05) is 41.4 Å². The number of ether oxygens (including phenoxy) is 1. The Morgan fingerprint density at radius 3 is 2.59 bits per heavy atom. The molecule has 1 fully saturated rings. The van der Waals surface area contributed by atoms with E-state index in [1.165, 1.54) is 12.3 Å². The molecule has 2 aromatic carbocycles. The van der Waals surface area contributed by atoms with Crippen molar-refractivity contribution in [1.82, 2.24) is 9.55 Å². The van der Waals surface area contributed by atoms with Crippen LogP contribution in [0.4, 0.5) is 21.6 Å². The predicted molar refractivity (Wildman–Crippen MR) is 148 cm³/mol. The molecule has 0 saturated carbocycles. The first kappa shape index (κ1) is 24.7. The van der Waals surface area contributed by atoms with Crippen molar-refractivity contribution in [3.63, 3.8) is 0 Å². The monoisotopic (exact) mass is 525 g/mol. The molecule has 1 unspecified atom stereocenters. The van der Waals surface area contributed by atoms with Gasteiger partial charge in [-0.1, -0.05) is 30.3 Å². The fraction of sp³-hybridized carbons (Fsp3) is 0.233. The van der Waals surface area contributed by atoms with Gasteiger partial charge in [0.25, 0.3) is 11.7 Å². The molecule has 198 valence electrons. The molecule has 1 saturated heterocycles. The molecule has 8 nitrogen and oxygen atoms in total. The van der Waals surface area contributed by atoms with E-state index >= 15 is 0 Å². The van der Waals surface area contributed by atoms with Crippen molar-refractivity contribution in [2.45, 2.75) is 13.0 Å². The summed E-state index contributed by atoms with van der Waals surface area (Å²) in [5.74, 6) is -0.517. The Bertz CT molecular complexity index is 1550. The van der Waals surface area contributed by atoms with Crippen molar-refractivity contribution in [2.24, 2.45) is 7.05 Å². The standard InChI is InChI=1S/C30H28FN5O3/c1-19-14-25(20-6-4-3-5-7-20)27(34(19)2)28(37)30(38)33-22-8-10-23(11-9-22)35-12-13-36-24(17-35)18-39-26-15-21(31)16-32-29(26)36/h3-11,14-16,24H,12-13,17-18H2,1-2H3,(H,33,38). The molecule has 1 N–H and O–H groups in total. The summed E-state index contributed by atoms with van der Waals surface area (Å²) in [6.07, 6.45) is 1.22. The van der Waals surface area contributed by atoms with Crippen molar-refractivity contribution in [1.29, 1.82) is 0 Å². The zero-order valence-electron chi connectivity index (χ0n) is 21.7. The summed E-state index contributed by atoms with van der Waals surface area (Å²) in [5, 5.41) is 2.76. The molecule has 9 heteroatoms. The number of anilines is 3. The number of hydrogen-bond acceptors (Lipinski definition) is 6. The van der Waals surface area contributed by atoms with Crippen LogP contribution in [0.5, 0.6) is 5.75 Å². The highest BCUT2D eigenvalue weighted by Gasteiger charge is 2.34. The maximum atomic E-state index is 13.5. The topological polar surface area (TPSA) is 79.7 Å². The molecule has 4 heterocycles. The van der Waals surface area contributed by atoms with Gasteiger partial charge in [0.2, 0.25) is 0 Å². The number of amides is 1. The number of pyridine rings is 1. The van der Waals surface area contributed by atoms with Gasteiger partial charge in [-0.3, -0.25) is 9.59 Å². The minimum atomic E-state index is -0.684. The molecular formula is C30H28FN5O3. The number of hydrogen-bond donors (Lipinski definition) is 1. The van der Waals surface area contributed by atoms with Gasteiger partial charge in [0, 0.05) is 55.4 Å². The number of Topliss-reactive ketones (excluding diaryl/α,β-unsaturated/α-hetero) is 1. The molecule has 2 aliphatic rings. The molecule has 4 aromatic rings. The molecule has 0 bridgehead atoms. The average Bonchev–Trinajstić information content (AvgIpc) is 3.26. The molecule has 39 heavy (non-hydrogen) atoms. The van der Waals surface area contributed by atoms with Crippen LogP contribution in [0, 0.1) is 12.7 Å². The van der Waals surface area contributed by atoms with Crippen LogP contribution in [0.1, 0.15) is 16.2 Å². The van der Waals surface area contributed by atoms with E-state index in [0.717, 1.165) is 42.1 Å². The van der Waals surface area contributed by atoms with Crippen LogP contribution in [-0.4, -0.2) is 53.5 Å². The van der Waals surface area contributed by atoms with E-state index in [0.29, 0.717) is 29.6 Å². The van der Waals surface area contributed by atoms with Crippen LogP contribution in [-0.2, 0) is 11.8 Å². The lowest BCUT2D eigenvalue weighted by Crippen LogP contribution is -2.57. The number of nitrogens with zero attached hydrogens (tertiary/aromatic N) is 4. The van der Waals surface area contributed by atoms with Gasteiger partial charge in [0.15, 0.2) is 11.6 Å². The fourth-order valence-corrected chi connectivity index (χ4v) is 5.33. The van der Waals surface area contributed by atoms with Gasteiger partial charge in [-0.15, -0.1) is 0 Å². The second-order valence-electron chi connectivity index (χ2n) is 9.88. The second-order valence-corrected chi connectivity index (χ2v) is 9.88. The van der Waals surface area contributed by atoms with E-state index in [2.05, 4.69) is 20.1 Å². The number of piperazine rings is 1. The van der Waals surface area contributed by atoms with Gasteiger partial charge < -0.3 is 24.4 Å². The van der Waals surface area contributed by atoms with Crippen molar-refractivity contribution in [3.8, 4) is 16.9 Å². The number of rotatable bonds is 5. The minimum absolute atomic E-state index is 0.0914. The maximum absolute atomic E-state index is 13.5. The molecule has 0 radical (unpaired) electrons. The SMILES string of the molecule is Cc1cc(-c2ccccc2)c(C(=O)C(=O)Nc2ccc(N3CCN4c5ncc(F)cc5OCC4C3)cc2)n1C. The third-order valence-corrected chi connectivity index (χ3v) is 7.45. The third-order valence-electron chi connectivity index (χ3n) is 7.45. The number of ketones is 1. The molecule has 2 aliphatic heterocycles. The Kier molecular flexibility index (Phi) is 6.26. The zero-order valence-corrected chi connectivity index (χ0v) is 21.7. The summed E-state index contributed by atoms with van der Waals surface area (Å²) in [7, 11) is 1.79. The Hall–Kier alpha value is -4.66. The smallest absolute Gasteiger partial charge is 0.298 e. The van der Waals surface area contributed by atoms with Crippen molar-refractivity contribution < 1.29 is 18.7 Å². The molecule has 6 rings (SSSR count). The largest absolute Gasteiger partial charge is 0.487 e. The first-order valence-electron chi connectivity index (χ1n) is 12.9. The minimum Gasteiger partial charge on any atom is -0.487 e. The Balaban J connectivity index is 1.13. The Morgan fingerprint density at radius 2 is 1.82 bits per heavy atom. The molecule has 2 aromatic heterocycles. The normalized spacial score (nSPS) is 16.2. The number of aromatic nitrogens is 2. The molecular weight excluding hydrogens is 497 g/mol. The number of benzene rings is 2. The van der Waals surface area contributed by atoms with Crippen LogP contribution in [0.15, 0.2) is 72.9 Å². The van der Waals surface area contributed by atoms with Gasteiger partial charge in [-0.25, -0.2) is 9.37 Å². The summed E-state index contributed by atoms with van der Waals surface area (Å²) in [4.78, 5) is 34.9. The van der Waals surface area contributed by atoms with E-state index in [-0.39, 0.29) is 6.04 Å².